The molecular weight excluding hydrogens is 216 g/mol. The molecule has 17 heavy (non-hydrogen) atoms. The van der Waals surface area contributed by atoms with Gasteiger partial charge in [-0.15, -0.1) is 0 Å². The van der Waals surface area contributed by atoms with E-state index in [1.54, 1.807) is 0 Å². The average Bonchev–Trinajstić information content (AvgIpc) is 2.34. The zero-order chi connectivity index (χ0) is 12.5. The van der Waals surface area contributed by atoms with E-state index in [1.165, 1.54) is 0 Å². The molecule has 92 valence electrons. The first-order chi connectivity index (χ1) is 8.20. The Labute approximate surface area is 101 Å². The van der Waals surface area contributed by atoms with Gasteiger partial charge in [0.1, 0.15) is 0 Å². The van der Waals surface area contributed by atoms with Crippen LogP contribution in [0.25, 0.3) is 0 Å². The first kappa shape index (κ1) is 13.4. The third-order valence-electron chi connectivity index (χ3n) is 2.63. The van der Waals surface area contributed by atoms with Crippen LogP contribution in [0.3, 0.4) is 0 Å². The Kier molecular flexibility index (Phi) is 6.00. The molecule has 0 aliphatic rings. The Morgan fingerprint density at radius 1 is 0.882 bits per heavy atom. The second kappa shape index (κ2) is 7.60. The highest BCUT2D eigenvalue weighted by Gasteiger charge is 2.03. The van der Waals surface area contributed by atoms with Gasteiger partial charge in [-0.2, -0.15) is 0 Å². The van der Waals surface area contributed by atoms with Crippen molar-refractivity contribution < 1.29 is 14.7 Å². The lowest BCUT2D eigenvalue weighted by atomic mass is 10.0. The number of hydrogen-bond acceptors (Lipinski definition) is 3. The van der Waals surface area contributed by atoms with Crippen molar-refractivity contribution in [3.05, 3.63) is 35.9 Å². The number of rotatable bonds is 8. The summed E-state index contributed by atoms with van der Waals surface area (Å²) in [4.78, 5) is 21.8. The molecule has 0 bridgehead atoms. The van der Waals surface area contributed by atoms with Gasteiger partial charge >= 0.3 is 0 Å². The summed E-state index contributed by atoms with van der Waals surface area (Å²) >= 11 is 0. The van der Waals surface area contributed by atoms with E-state index >= 15 is 0 Å². The molecule has 0 saturated heterocycles. The summed E-state index contributed by atoms with van der Waals surface area (Å²) in [6, 6.07) is 9.23. The molecule has 0 spiro atoms. The number of carbonyl (C=O) groups is 2. The SMILES string of the molecule is O=C([O-])CCCCCCC(=O)c1ccccc1. The lowest BCUT2D eigenvalue weighted by Gasteiger charge is -2.02. The maximum absolute atomic E-state index is 11.7. The number of ketones is 1. The minimum Gasteiger partial charge on any atom is -0.550 e. The van der Waals surface area contributed by atoms with E-state index in [1.807, 2.05) is 30.3 Å². The summed E-state index contributed by atoms with van der Waals surface area (Å²) in [7, 11) is 0. The largest absolute Gasteiger partial charge is 0.550 e. The van der Waals surface area contributed by atoms with E-state index in [9.17, 15) is 14.7 Å². The summed E-state index contributed by atoms with van der Waals surface area (Å²) in [6.45, 7) is 0. The van der Waals surface area contributed by atoms with E-state index in [-0.39, 0.29) is 12.2 Å². The van der Waals surface area contributed by atoms with Crippen LogP contribution in [-0.2, 0) is 4.79 Å². The second-order valence-electron chi connectivity index (χ2n) is 4.08. The second-order valence-corrected chi connectivity index (χ2v) is 4.08. The zero-order valence-electron chi connectivity index (χ0n) is 9.85. The molecule has 0 radical (unpaired) electrons. The standard InChI is InChI=1S/C14H18O3/c15-13(12-8-4-3-5-9-12)10-6-1-2-7-11-14(16)17/h3-5,8-9H,1-2,6-7,10-11H2,(H,16,17)/p-1. The van der Waals surface area contributed by atoms with Gasteiger partial charge in [-0.3, -0.25) is 4.79 Å². The molecule has 1 rings (SSSR count). The summed E-state index contributed by atoms with van der Waals surface area (Å²) < 4.78 is 0. The quantitative estimate of drug-likeness (QED) is 0.509. The highest BCUT2D eigenvalue weighted by molar-refractivity contribution is 5.95. The van der Waals surface area contributed by atoms with Crippen LogP contribution in [0.1, 0.15) is 48.9 Å². The molecule has 0 aliphatic heterocycles. The third kappa shape index (κ3) is 5.85. The van der Waals surface area contributed by atoms with Crippen LogP contribution in [0.4, 0.5) is 0 Å². The molecule has 0 saturated carbocycles. The normalized spacial score (nSPS) is 10.1. The van der Waals surface area contributed by atoms with Gasteiger partial charge in [0.25, 0.3) is 0 Å². The third-order valence-corrected chi connectivity index (χ3v) is 2.63. The Morgan fingerprint density at radius 2 is 1.47 bits per heavy atom. The minimum absolute atomic E-state index is 0.118. The maximum atomic E-state index is 11.7. The fraction of sp³-hybridized carbons (Fsp3) is 0.429. The van der Waals surface area contributed by atoms with Gasteiger partial charge in [0, 0.05) is 18.0 Å². The van der Waals surface area contributed by atoms with Crippen LogP contribution in [0, 0.1) is 0 Å². The fourth-order valence-electron chi connectivity index (χ4n) is 1.68. The van der Waals surface area contributed by atoms with Gasteiger partial charge in [0.15, 0.2) is 5.78 Å². The van der Waals surface area contributed by atoms with Crippen molar-refractivity contribution in [1.82, 2.24) is 0 Å². The molecule has 0 heterocycles. The van der Waals surface area contributed by atoms with Crippen molar-refractivity contribution >= 4 is 11.8 Å². The number of aliphatic carboxylic acids is 1. The summed E-state index contributed by atoms with van der Waals surface area (Å²) in [6.07, 6.45) is 3.85. The zero-order valence-corrected chi connectivity index (χ0v) is 9.85. The van der Waals surface area contributed by atoms with Crippen LogP contribution in [0.5, 0.6) is 0 Å². The van der Waals surface area contributed by atoms with Gasteiger partial charge in [-0.05, 0) is 19.3 Å². The first-order valence-corrected chi connectivity index (χ1v) is 5.98. The average molecular weight is 233 g/mol. The number of carbonyl (C=O) groups excluding carboxylic acids is 2. The van der Waals surface area contributed by atoms with E-state index in [4.69, 9.17) is 0 Å². The molecule has 0 N–H and O–H groups in total. The molecule has 3 nitrogen and oxygen atoms in total. The fourth-order valence-corrected chi connectivity index (χ4v) is 1.68. The molecular formula is C14H17O3-. The molecule has 0 aromatic heterocycles. The Balaban J connectivity index is 2.11. The van der Waals surface area contributed by atoms with E-state index < -0.39 is 5.97 Å². The number of carboxylic acid groups (broad SMARTS) is 1. The Morgan fingerprint density at radius 3 is 2.06 bits per heavy atom. The van der Waals surface area contributed by atoms with Crippen molar-refractivity contribution in [2.75, 3.05) is 0 Å². The number of Topliss-reactive ketones (excluding diaryl/α,β-unsaturated/α-hetero) is 1. The molecule has 1 aromatic rings. The summed E-state index contributed by atoms with van der Waals surface area (Å²) in [5.74, 6) is -0.837. The molecule has 0 atom stereocenters. The molecule has 0 fully saturated rings. The number of hydrogen-bond donors (Lipinski definition) is 0. The molecule has 1 aromatic carbocycles. The van der Waals surface area contributed by atoms with Gasteiger partial charge < -0.3 is 9.90 Å². The monoisotopic (exact) mass is 233 g/mol. The van der Waals surface area contributed by atoms with E-state index in [2.05, 4.69) is 0 Å². The molecule has 0 amide bonds. The van der Waals surface area contributed by atoms with Gasteiger partial charge in [0.2, 0.25) is 0 Å². The van der Waals surface area contributed by atoms with Gasteiger partial charge in [-0.25, -0.2) is 0 Å². The van der Waals surface area contributed by atoms with E-state index in [0.717, 1.165) is 24.8 Å². The minimum atomic E-state index is -0.995. The van der Waals surface area contributed by atoms with Crippen LogP contribution < -0.4 is 5.11 Å². The van der Waals surface area contributed by atoms with Crippen molar-refractivity contribution in [1.29, 1.82) is 0 Å². The smallest absolute Gasteiger partial charge is 0.162 e. The molecule has 0 aliphatic carbocycles. The van der Waals surface area contributed by atoms with Crippen molar-refractivity contribution in [2.24, 2.45) is 0 Å². The summed E-state index contributed by atoms with van der Waals surface area (Å²) in [5, 5.41) is 10.2. The first-order valence-electron chi connectivity index (χ1n) is 5.98. The lowest BCUT2D eigenvalue weighted by molar-refractivity contribution is -0.305. The highest BCUT2D eigenvalue weighted by atomic mass is 16.4. The summed E-state index contributed by atoms with van der Waals surface area (Å²) in [5.41, 5.74) is 0.752. The van der Waals surface area contributed by atoms with Crippen molar-refractivity contribution in [3.8, 4) is 0 Å². The van der Waals surface area contributed by atoms with Crippen LogP contribution >= 0.6 is 0 Å². The lowest BCUT2D eigenvalue weighted by Crippen LogP contribution is -2.21. The Bertz CT molecular complexity index is 357. The highest BCUT2D eigenvalue weighted by Crippen LogP contribution is 2.09. The topological polar surface area (TPSA) is 57.2 Å². The molecule has 0 unspecified atom stereocenters. The molecule has 3 heteroatoms. The van der Waals surface area contributed by atoms with Crippen LogP contribution in [0.15, 0.2) is 30.3 Å². The van der Waals surface area contributed by atoms with Crippen molar-refractivity contribution in [3.63, 3.8) is 0 Å². The van der Waals surface area contributed by atoms with Crippen LogP contribution in [0.2, 0.25) is 0 Å². The number of benzene rings is 1. The van der Waals surface area contributed by atoms with Gasteiger partial charge in [0.05, 0.1) is 0 Å². The van der Waals surface area contributed by atoms with E-state index in [0.29, 0.717) is 12.8 Å². The predicted molar refractivity (Wildman–Crippen MR) is 63.5 cm³/mol. The predicted octanol–water partition coefficient (Wildman–Crippen LogP) is 1.96. The number of carboxylic acids is 1. The van der Waals surface area contributed by atoms with Crippen molar-refractivity contribution in [2.45, 2.75) is 38.5 Å². The van der Waals surface area contributed by atoms with Gasteiger partial charge in [-0.1, -0.05) is 43.2 Å². The van der Waals surface area contributed by atoms with Crippen LogP contribution in [-0.4, -0.2) is 11.8 Å². The Hall–Kier alpha value is -1.64. The maximum Gasteiger partial charge on any atom is 0.162 e. The number of unbranched alkanes of at least 4 members (excludes halogenated alkanes) is 3.